The highest BCUT2D eigenvalue weighted by Crippen LogP contribution is 2.24. The molecule has 5 nitrogen and oxygen atoms in total. The molecule has 2 amide bonds. The quantitative estimate of drug-likeness (QED) is 0.727. The van der Waals surface area contributed by atoms with Gasteiger partial charge in [-0.25, -0.2) is 18.4 Å². The van der Waals surface area contributed by atoms with Crippen molar-refractivity contribution in [2.75, 3.05) is 11.9 Å². The normalized spacial score (nSPS) is 11.3. The van der Waals surface area contributed by atoms with E-state index in [0.717, 1.165) is 6.07 Å². The van der Waals surface area contributed by atoms with E-state index in [2.05, 4.69) is 0 Å². The maximum atomic E-state index is 12.6. The average Bonchev–Trinajstić information content (AvgIpc) is 2.38. The van der Waals surface area contributed by atoms with Gasteiger partial charge in [-0.1, -0.05) is 11.6 Å². The summed E-state index contributed by atoms with van der Waals surface area (Å²) in [5.74, 6) is -5.66. The fourth-order valence-corrected chi connectivity index (χ4v) is 1.36. The summed E-state index contributed by atoms with van der Waals surface area (Å²) in [4.78, 5) is 22.0. The van der Waals surface area contributed by atoms with Gasteiger partial charge in [0.2, 0.25) is 0 Å². The van der Waals surface area contributed by atoms with Gasteiger partial charge < -0.3 is 15.7 Å². The summed E-state index contributed by atoms with van der Waals surface area (Å²) in [5.41, 5.74) is -0.359. The highest BCUT2D eigenvalue weighted by atomic mass is 35.5. The third-order valence-electron chi connectivity index (χ3n) is 2.27. The van der Waals surface area contributed by atoms with E-state index >= 15 is 0 Å². The van der Waals surface area contributed by atoms with Crippen LogP contribution in [0, 0.1) is 0 Å². The molecule has 0 unspecified atom stereocenters. The van der Waals surface area contributed by atoms with Gasteiger partial charge in [-0.3, -0.25) is 0 Å². The molecule has 1 aromatic rings. The van der Waals surface area contributed by atoms with Crippen LogP contribution in [0.1, 0.15) is 10.4 Å². The highest BCUT2D eigenvalue weighted by molar-refractivity contribution is 6.33. The van der Waals surface area contributed by atoms with Crippen molar-refractivity contribution < 1.29 is 32.3 Å². The monoisotopic (exact) mass is 328 g/mol. The van der Waals surface area contributed by atoms with E-state index in [1.54, 1.807) is 5.32 Å². The SMILES string of the molecule is O=C(NCC(F)(F)C(F)F)Nc1cc(C(=O)O)ccc1Cl. The molecular formula is C11H9ClF4N2O3. The Morgan fingerprint density at radius 2 is 1.95 bits per heavy atom. The molecule has 0 heterocycles. The Kier molecular flexibility index (Phi) is 5.36. The Bertz CT molecular complexity index is 554. The molecule has 0 bridgehead atoms. The van der Waals surface area contributed by atoms with Crippen LogP contribution in [0.4, 0.5) is 28.0 Å². The lowest BCUT2D eigenvalue weighted by atomic mass is 10.2. The molecule has 0 fully saturated rings. The van der Waals surface area contributed by atoms with Crippen LogP contribution in [-0.2, 0) is 0 Å². The predicted molar refractivity (Wildman–Crippen MR) is 66.4 cm³/mol. The van der Waals surface area contributed by atoms with Crippen molar-refractivity contribution in [1.82, 2.24) is 5.32 Å². The predicted octanol–water partition coefficient (Wildman–Crippen LogP) is 3.06. The first-order valence-electron chi connectivity index (χ1n) is 5.37. The highest BCUT2D eigenvalue weighted by Gasteiger charge is 2.40. The number of benzene rings is 1. The van der Waals surface area contributed by atoms with Crippen LogP contribution in [0.15, 0.2) is 18.2 Å². The number of amides is 2. The Morgan fingerprint density at radius 3 is 2.48 bits per heavy atom. The Hall–Kier alpha value is -2.03. The average molecular weight is 329 g/mol. The molecular weight excluding hydrogens is 320 g/mol. The molecule has 1 aromatic carbocycles. The number of alkyl halides is 4. The van der Waals surface area contributed by atoms with Crippen molar-refractivity contribution in [3.05, 3.63) is 28.8 Å². The van der Waals surface area contributed by atoms with Crippen molar-refractivity contribution in [2.24, 2.45) is 0 Å². The minimum atomic E-state index is -4.37. The fourth-order valence-electron chi connectivity index (χ4n) is 1.20. The maximum absolute atomic E-state index is 12.6. The number of carboxylic acid groups (broad SMARTS) is 1. The van der Waals surface area contributed by atoms with Gasteiger partial charge in [0.15, 0.2) is 0 Å². The Labute approximate surface area is 120 Å². The third kappa shape index (κ3) is 4.78. The lowest BCUT2D eigenvalue weighted by Gasteiger charge is -2.16. The molecule has 0 saturated carbocycles. The van der Waals surface area contributed by atoms with Crippen molar-refractivity contribution in [2.45, 2.75) is 12.3 Å². The number of hydrogen-bond acceptors (Lipinski definition) is 2. The molecule has 3 N–H and O–H groups in total. The lowest BCUT2D eigenvalue weighted by molar-refractivity contribution is -0.123. The van der Waals surface area contributed by atoms with Gasteiger partial charge in [-0.2, -0.15) is 8.78 Å². The second-order valence-corrected chi connectivity index (χ2v) is 4.28. The van der Waals surface area contributed by atoms with E-state index in [9.17, 15) is 27.2 Å². The molecule has 0 atom stereocenters. The summed E-state index contributed by atoms with van der Waals surface area (Å²) in [5, 5.41) is 12.2. The minimum absolute atomic E-state index is 0.0456. The zero-order valence-corrected chi connectivity index (χ0v) is 10.9. The van der Waals surface area contributed by atoms with E-state index in [4.69, 9.17) is 16.7 Å². The molecule has 0 aliphatic rings. The molecule has 0 saturated heterocycles. The number of carbonyl (C=O) groups excluding carboxylic acids is 1. The molecule has 116 valence electrons. The van der Waals surface area contributed by atoms with Crippen LogP contribution >= 0.6 is 11.6 Å². The second kappa shape index (κ2) is 6.61. The van der Waals surface area contributed by atoms with Crippen molar-refractivity contribution >= 4 is 29.3 Å². The molecule has 0 radical (unpaired) electrons. The number of nitrogens with one attached hydrogen (secondary N) is 2. The number of anilines is 1. The number of carbonyl (C=O) groups is 2. The van der Waals surface area contributed by atoms with Gasteiger partial charge in [0.05, 0.1) is 22.8 Å². The maximum Gasteiger partial charge on any atom is 0.335 e. The van der Waals surface area contributed by atoms with E-state index in [0.29, 0.717) is 0 Å². The summed E-state index contributed by atoms with van der Waals surface area (Å²) < 4.78 is 49.0. The number of hydrogen-bond donors (Lipinski definition) is 3. The molecule has 0 aliphatic carbocycles. The van der Waals surface area contributed by atoms with E-state index in [1.165, 1.54) is 12.1 Å². The van der Waals surface area contributed by atoms with Crippen LogP contribution in [0.5, 0.6) is 0 Å². The van der Waals surface area contributed by atoms with Crippen LogP contribution < -0.4 is 10.6 Å². The number of aromatic carboxylic acids is 1. The molecule has 0 aromatic heterocycles. The first-order valence-corrected chi connectivity index (χ1v) is 5.75. The first-order chi connectivity index (χ1) is 9.63. The number of carboxylic acids is 1. The minimum Gasteiger partial charge on any atom is -0.478 e. The van der Waals surface area contributed by atoms with Gasteiger partial charge in [-0.15, -0.1) is 0 Å². The molecule has 1 rings (SSSR count). The number of rotatable bonds is 5. The largest absolute Gasteiger partial charge is 0.478 e. The van der Waals surface area contributed by atoms with Crippen LogP contribution in [0.25, 0.3) is 0 Å². The van der Waals surface area contributed by atoms with Crippen LogP contribution in [0.2, 0.25) is 5.02 Å². The number of halogens is 5. The third-order valence-corrected chi connectivity index (χ3v) is 2.59. The zero-order chi connectivity index (χ0) is 16.2. The summed E-state index contributed by atoms with van der Waals surface area (Å²) in [6, 6.07) is 2.11. The fraction of sp³-hybridized carbons (Fsp3) is 0.273. The van der Waals surface area contributed by atoms with Gasteiger partial charge in [0, 0.05) is 0 Å². The Balaban J connectivity index is 2.71. The summed E-state index contributed by atoms with van der Waals surface area (Å²) >= 11 is 5.68. The lowest BCUT2D eigenvalue weighted by Crippen LogP contribution is -2.43. The van der Waals surface area contributed by atoms with Gasteiger partial charge in [0.1, 0.15) is 0 Å². The molecule has 0 spiro atoms. The van der Waals surface area contributed by atoms with Gasteiger partial charge >= 0.3 is 24.3 Å². The van der Waals surface area contributed by atoms with Crippen molar-refractivity contribution in [3.8, 4) is 0 Å². The van der Waals surface area contributed by atoms with E-state index in [1.807, 2.05) is 5.32 Å². The van der Waals surface area contributed by atoms with Crippen molar-refractivity contribution in [3.63, 3.8) is 0 Å². The summed E-state index contributed by atoms with van der Waals surface area (Å²) in [6.45, 7) is -1.58. The zero-order valence-electron chi connectivity index (χ0n) is 10.2. The number of urea groups is 1. The smallest absolute Gasteiger partial charge is 0.335 e. The van der Waals surface area contributed by atoms with E-state index < -0.39 is 30.9 Å². The molecule has 0 aliphatic heterocycles. The van der Waals surface area contributed by atoms with Crippen molar-refractivity contribution in [1.29, 1.82) is 0 Å². The topological polar surface area (TPSA) is 78.4 Å². The van der Waals surface area contributed by atoms with Crippen LogP contribution in [-0.4, -0.2) is 36.0 Å². The standard InChI is InChI=1S/C11H9ClF4N2O3/c12-6-2-1-5(8(19)20)3-7(6)18-10(21)17-4-11(15,16)9(13)14/h1-3,9H,4H2,(H,19,20)(H2,17,18,21). The van der Waals surface area contributed by atoms with Gasteiger partial charge in [0.25, 0.3) is 0 Å². The van der Waals surface area contributed by atoms with Crippen LogP contribution in [0.3, 0.4) is 0 Å². The summed E-state index contributed by atoms with van der Waals surface area (Å²) in [7, 11) is 0. The second-order valence-electron chi connectivity index (χ2n) is 3.87. The Morgan fingerprint density at radius 1 is 1.33 bits per heavy atom. The summed E-state index contributed by atoms with van der Waals surface area (Å²) in [6.07, 6.45) is -3.92. The van der Waals surface area contributed by atoms with Gasteiger partial charge in [-0.05, 0) is 18.2 Å². The molecule has 21 heavy (non-hydrogen) atoms. The van der Waals surface area contributed by atoms with E-state index in [-0.39, 0.29) is 16.3 Å². The first kappa shape index (κ1) is 17.0. The molecule has 10 heteroatoms.